The molecule has 4 heterocycles. The summed E-state index contributed by atoms with van der Waals surface area (Å²) in [6.45, 7) is 9.36. The number of thiophene rings is 3. The van der Waals surface area contributed by atoms with E-state index in [4.69, 9.17) is 0 Å². The molecule has 0 saturated heterocycles. The summed E-state index contributed by atoms with van der Waals surface area (Å²) in [5.74, 6) is 0.872. The Balaban J connectivity index is 1.91. The molecule has 0 radical (unpaired) electrons. The van der Waals surface area contributed by atoms with Crippen molar-refractivity contribution in [3.8, 4) is 9.75 Å². The van der Waals surface area contributed by atoms with Crippen LogP contribution in [0.15, 0.2) is 29.6 Å². The van der Waals surface area contributed by atoms with Crippen molar-refractivity contribution in [3.05, 3.63) is 39.4 Å². The third-order valence-electron chi connectivity index (χ3n) is 5.92. The number of fused-ring (bicyclic) bond motifs is 3. The predicted octanol–water partition coefficient (Wildman–Crippen LogP) is 6.15. The second-order valence-corrected chi connectivity index (χ2v) is 20.0. The van der Waals surface area contributed by atoms with E-state index >= 15 is 0 Å². The van der Waals surface area contributed by atoms with E-state index in [0.717, 1.165) is 5.92 Å². The van der Waals surface area contributed by atoms with Gasteiger partial charge in [-0.15, -0.1) is 0 Å². The van der Waals surface area contributed by atoms with E-state index in [-0.39, 0.29) is 0 Å². The van der Waals surface area contributed by atoms with Crippen molar-refractivity contribution >= 4 is 59.8 Å². The van der Waals surface area contributed by atoms with Crippen LogP contribution in [0, 0.1) is 19.8 Å². The van der Waals surface area contributed by atoms with E-state index in [9.17, 15) is 0 Å². The number of unbranched alkanes of at least 4 members (excludes halogenated alkanes) is 1. The number of hydrogen-bond donors (Lipinski definition) is 0. The van der Waals surface area contributed by atoms with Crippen LogP contribution in [-0.4, -0.2) is 13.3 Å². The molecule has 3 aromatic rings. The van der Waals surface area contributed by atoms with Gasteiger partial charge in [-0.1, -0.05) is 0 Å². The fraction of sp³-hybridized carbons (Fsp3) is 0.455. The summed E-state index contributed by atoms with van der Waals surface area (Å²) in [5.41, 5.74) is 0. The molecule has 138 valence electrons. The predicted molar refractivity (Wildman–Crippen MR) is 124 cm³/mol. The van der Waals surface area contributed by atoms with Gasteiger partial charge >= 0.3 is 173 Å². The summed E-state index contributed by atoms with van der Waals surface area (Å²) in [5, 5.41) is 3.76. The summed E-state index contributed by atoms with van der Waals surface area (Å²) in [4.78, 5) is 6.27. The molecule has 4 rings (SSSR count). The monoisotopic (exact) mass is 462 g/mol. The molecule has 0 spiro atoms. The number of aryl methyl sites for hydroxylation is 2. The van der Waals surface area contributed by atoms with Gasteiger partial charge in [0.15, 0.2) is 0 Å². The normalized spacial score (nSPS) is 15.8. The molecule has 0 saturated carbocycles. The standard InChI is InChI=1S/C22H28GeS3/c1-5-7-9-17(6-2)14-23(20-10-8-11-24-20)18-12-15(3)25-21(18)22-19(23)13-16(4)26-22/h8,10-13,17H,5-7,9,14H2,1-4H3. The quantitative estimate of drug-likeness (QED) is 0.370. The van der Waals surface area contributed by atoms with Crippen molar-refractivity contribution in [2.45, 2.75) is 58.6 Å². The van der Waals surface area contributed by atoms with Crippen molar-refractivity contribution < 1.29 is 0 Å². The molecule has 0 bridgehead atoms. The molecule has 0 nitrogen and oxygen atoms in total. The molecule has 26 heavy (non-hydrogen) atoms. The number of rotatable bonds is 7. The van der Waals surface area contributed by atoms with Crippen LogP contribution in [0.4, 0.5) is 0 Å². The van der Waals surface area contributed by atoms with Gasteiger partial charge in [-0.05, 0) is 0 Å². The third-order valence-corrected chi connectivity index (χ3v) is 22.3. The summed E-state index contributed by atoms with van der Waals surface area (Å²) >= 11 is 3.60. The van der Waals surface area contributed by atoms with Crippen LogP contribution in [0.25, 0.3) is 9.75 Å². The third kappa shape index (κ3) is 2.99. The molecule has 0 amide bonds. The zero-order valence-electron chi connectivity index (χ0n) is 16.2. The average Bonchev–Trinajstić information content (AvgIpc) is 3.37. The van der Waals surface area contributed by atoms with E-state index in [2.05, 4.69) is 57.3 Å². The van der Waals surface area contributed by atoms with Gasteiger partial charge in [0, 0.05) is 0 Å². The SMILES string of the molecule is CCCCC(CC)[CH2][Ge]1([c]2cccs2)[c]2cc(C)sc2-c2sc(C)c[c]21. The Labute approximate surface area is 172 Å². The molecule has 0 aromatic carbocycles. The van der Waals surface area contributed by atoms with Crippen molar-refractivity contribution in [3.63, 3.8) is 0 Å². The van der Waals surface area contributed by atoms with Gasteiger partial charge in [0.05, 0.1) is 0 Å². The van der Waals surface area contributed by atoms with Crippen LogP contribution >= 0.6 is 34.0 Å². The first-order valence-electron chi connectivity index (χ1n) is 9.86. The van der Waals surface area contributed by atoms with Crippen molar-refractivity contribution in [1.29, 1.82) is 0 Å². The summed E-state index contributed by atoms with van der Waals surface area (Å²) in [6, 6.07) is 9.91. The fourth-order valence-corrected chi connectivity index (χ4v) is 24.6. The van der Waals surface area contributed by atoms with Crippen LogP contribution < -0.4 is 12.5 Å². The van der Waals surface area contributed by atoms with E-state index in [1.165, 1.54) is 40.7 Å². The molecular weight excluding hydrogens is 433 g/mol. The summed E-state index contributed by atoms with van der Waals surface area (Å²) < 4.78 is 5.30. The summed E-state index contributed by atoms with van der Waals surface area (Å²) in [7, 11) is 0. The Morgan fingerprint density at radius 1 is 1.00 bits per heavy atom. The molecule has 1 aliphatic heterocycles. The first kappa shape index (κ1) is 19.0. The topological polar surface area (TPSA) is 0 Å². The molecule has 1 aliphatic rings. The first-order chi connectivity index (χ1) is 12.6. The molecule has 4 heteroatoms. The Morgan fingerprint density at radius 2 is 1.65 bits per heavy atom. The van der Waals surface area contributed by atoms with Crippen LogP contribution in [0.5, 0.6) is 0 Å². The van der Waals surface area contributed by atoms with E-state index in [1.807, 2.05) is 34.0 Å². The van der Waals surface area contributed by atoms with Gasteiger partial charge in [0.2, 0.25) is 0 Å². The Bertz CT molecular complexity index is 839. The van der Waals surface area contributed by atoms with Gasteiger partial charge in [0.1, 0.15) is 0 Å². The van der Waals surface area contributed by atoms with E-state index < -0.39 is 13.3 Å². The Hall–Kier alpha value is -0.357. The van der Waals surface area contributed by atoms with Gasteiger partial charge in [-0.2, -0.15) is 0 Å². The Morgan fingerprint density at radius 3 is 2.15 bits per heavy atom. The van der Waals surface area contributed by atoms with E-state index in [1.54, 1.807) is 22.3 Å². The molecule has 1 unspecified atom stereocenters. The van der Waals surface area contributed by atoms with Gasteiger partial charge < -0.3 is 0 Å². The number of hydrogen-bond acceptors (Lipinski definition) is 3. The van der Waals surface area contributed by atoms with Crippen molar-refractivity contribution in [2.24, 2.45) is 5.92 Å². The van der Waals surface area contributed by atoms with Crippen LogP contribution in [-0.2, 0) is 0 Å². The average molecular weight is 461 g/mol. The van der Waals surface area contributed by atoms with E-state index in [0.29, 0.717) is 0 Å². The van der Waals surface area contributed by atoms with Gasteiger partial charge in [-0.25, -0.2) is 0 Å². The molecule has 0 aliphatic carbocycles. The molecule has 3 aromatic heterocycles. The summed E-state index contributed by atoms with van der Waals surface area (Å²) in [6.07, 6.45) is 5.44. The minimum absolute atomic E-state index is 0.872. The van der Waals surface area contributed by atoms with Crippen LogP contribution in [0.2, 0.25) is 5.25 Å². The molecule has 0 N–H and O–H groups in total. The molecule has 0 fully saturated rings. The zero-order valence-corrected chi connectivity index (χ0v) is 20.8. The zero-order chi connectivity index (χ0) is 18.3. The van der Waals surface area contributed by atoms with Crippen molar-refractivity contribution in [1.82, 2.24) is 0 Å². The minimum atomic E-state index is -2.53. The van der Waals surface area contributed by atoms with Crippen LogP contribution in [0.3, 0.4) is 0 Å². The van der Waals surface area contributed by atoms with Crippen molar-refractivity contribution in [2.75, 3.05) is 0 Å². The maximum absolute atomic E-state index is 2.58. The molecule has 1 atom stereocenters. The van der Waals surface area contributed by atoms with Crippen LogP contribution in [0.1, 0.15) is 49.3 Å². The maximum atomic E-state index is 2.58. The molecular formula is C22H28GeS3. The first-order valence-corrected chi connectivity index (χ1v) is 17.0. The second kappa shape index (κ2) is 7.58. The Kier molecular flexibility index (Phi) is 5.53. The fourth-order valence-electron chi connectivity index (χ4n) is 4.63. The van der Waals surface area contributed by atoms with Gasteiger partial charge in [-0.3, -0.25) is 0 Å². The second-order valence-electron chi connectivity index (χ2n) is 7.70. The van der Waals surface area contributed by atoms with Gasteiger partial charge in [0.25, 0.3) is 0 Å².